The summed E-state index contributed by atoms with van der Waals surface area (Å²) in [5, 5.41) is 0. The zero-order chi connectivity index (χ0) is 13.8. The molecule has 0 aromatic heterocycles. The molecule has 0 spiro atoms. The van der Waals surface area contributed by atoms with E-state index in [0.717, 1.165) is 0 Å². The van der Waals surface area contributed by atoms with Crippen LogP contribution in [0, 0.1) is 5.92 Å². The van der Waals surface area contributed by atoms with Crippen molar-refractivity contribution in [2.24, 2.45) is 5.92 Å². The number of sulfonamides is 1. The molecule has 1 saturated heterocycles. The summed E-state index contributed by atoms with van der Waals surface area (Å²) < 4.78 is 61.4. The predicted molar refractivity (Wildman–Crippen MR) is 63.1 cm³/mol. The van der Waals surface area contributed by atoms with E-state index in [4.69, 9.17) is 11.6 Å². The highest BCUT2D eigenvalue weighted by Crippen LogP contribution is 2.22. The van der Waals surface area contributed by atoms with Gasteiger partial charge in [0.1, 0.15) is 0 Å². The highest BCUT2D eigenvalue weighted by atomic mass is 35.5. The van der Waals surface area contributed by atoms with Gasteiger partial charge in [-0.15, -0.1) is 11.6 Å². The maximum Gasteiger partial charge on any atom is 0.401 e. The van der Waals surface area contributed by atoms with Gasteiger partial charge < -0.3 is 0 Å². The van der Waals surface area contributed by atoms with E-state index >= 15 is 0 Å². The number of hydrogen-bond donors (Lipinski definition) is 1. The molecule has 0 radical (unpaired) electrons. The lowest BCUT2D eigenvalue weighted by Crippen LogP contribution is -2.35. The van der Waals surface area contributed by atoms with Crippen molar-refractivity contribution in [3.05, 3.63) is 0 Å². The molecule has 0 aromatic carbocycles. The lowest BCUT2D eigenvalue weighted by atomic mass is 10.1. The molecule has 0 aromatic rings. The van der Waals surface area contributed by atoms with E-state index in [9.17, 15) is 21.6 Å². The van der Waals surface area contributed by atoms with Gasteiger partial charge in [0.05, 0.1) is 12.3 Å². The molecular formula is C9H16ClF3N2O2S. The van der Waals surface area contributed by atoms with E-state index in [1.54, 1.807) is 0 Å². The number of likely N-dealkylation sites (tertiary alicyclic amines) is 1. The Balaban J connectivity index is 2.31. The molecule has 1 fully saturated rings. The Labute approximate surface area is 110 Å². The first-order valence-electron chi connectivity index (χ1n) is 5.54. The average molecular weight is 309 g/mol. The van der Waals surface area contributed by atoms with E-state index in [0.29, 0.717) is 13.0 Å². The summed E-state index contributed by atoms with van der Waals surface area (Å²) in [6.45, 7) is -0.143. The molecule has 0 saturated carbocycles. The molecule has 18 heavy (non-hydrogen) atoms. The molecule has 0 bridgehead atoms. The minimum Gasteiger partial charge on any atom is -0.295 e. The Morgan fingerprint density at radius 1 is 1.39 bits per heavy atom. The first kappa shape index (κ1) is 16.0. The lowest BCUT2D eigenvalue weighted by Gasteiger charge is -2.17. The minimum atomic E-state index is -4.20. The van der Waals surface area contributed by atoms with Crippen LogP contribution in [-0.4, -0.2) is 57.3 Å². The fourth-order valence-electron chi connectivity index (χ4n) is 1.90. The summed E-state index contributed by atoms with van der Waals surface area (Å²) in [6.07, 6.45) is -3.63. The van der Waals surface area contributed by atoms with E-state index in [2.05, 4.69) is 4.72 Å². The van der Waals surface area contributed by atoms with Gasteiger partial charge in [-0.25, -0.2) is 13.1 Å². The average Bonchev–Trinajstić information content (AvgIpc) is 2.60. The summed E-state index contributed by atoms with van der Waals surface area (Å²) in [6, 6.07) is 0. The second kappa shape index (κ2) is 6.40. The third-order valence-electron chi connectivity index (χ3n) is 2.71. The maximum atomic E-state index is 12.1. The Bertz CT molecular complexity index is 361. The van der Waals surface area contributed by atoms with Gasteiger partial charge in [-0.3, -0.25) is 4.90 Å². The van der Waals surface area contributed by atoms with Crippen molar-refractivity contribution in [3.8, 4) is 0 Å². The third-order valence-corrected chi connectivity index (χ3v) is 4.47. The number of rotatable bonds is 6. The number of nitrogens with one attached hydrogen (secondary N) is 1. The Hall–Kier alpha value is -0.0500. The zero-order valence-electron chi connectivity index (χ0n) is 9.71. The number of alkyl halides is 4. The van der Waals surface area contributed by atoms with Gasteiger partial charge in [-0.05, 0) is 18.9 Å². The fraction of sp³-hybridized carbons (Fsp3) is 1.00. The van der Waals surface area contributed by atoms with Crippen LogP contribution in [-0.2, 0) is 10.0 Å². The SMILES string of the molecule is O=S(=O)(CCCl)NCC1CCN(CC(F)(F)F)C1. The van der Waals surface area contributed by atoms with Gasteiger partial charge in [0, 0.05) is 19.0 Å². The second-order valence-electron chi connectivity index (χ2n) is 4.36. The summed E-state index contributed by atoms with van der Waals surface area (Å²) in [7, 11) is -3.39. The van der Waals surface area contributed by atoms with Crippen LogP contribution in [0.15, 0.2) is 0 Å². The van der Waals surface area contributed by atoms with Gasteiger partial charge in [-0.1, -0.05) is 0 Å². The molecule has 108 valence electrons. The largest absolute Gasteiger partial charge is 0.401 e. The van der Waals surface area contributed by atoms with Crippen LogP contribution < -0.4 is 4.72 Å². The van der Waals surface area contributed by atoms with Crippen LogP contribution >= 0.6 is 11.6 Å². The minimum absolute atomic E-state index is 0.000197. The zero-order valence-corrected chi connectivity index (χ0v) is 11.3. The molecule has 1 rings (SSSR count). The standard InChI is InChI=1S/C9H16ClF3N2O2S/c10-2-4-18(16,17)14-5-8-1-3-15(6-8)7-9(11,12)13/h8,14H,1-7H2. The van der Waals surface area contributed by atoms with Crippen LogP contribution in [0.25, 0.3) is 0 Å². The number of nitrogens with zero attached hydrogens (tertiary/aromatic N) is 1. The van der Waals surface area contributed by atoms with E-state index in [-0.39, 0.29) is 30.6 Å². The highest BCUT2D eigenvalue weighted by molar-refractivity contribution is 7.89. The Kier molecular flexibility index (Phi) is 5.69. The van der Waals surface area contributed by atoms with Gasteiger partial charge in [0.25, 0.3) is 0 Å². The first-order valence-corrected chi connectivity index (χ1v) is 7.73. The van der Waals surface area contributed by atoms with Crippen molar-refractivity contribution in [1.29, 1.82) is 0 Å². The molecule has 1 aliphatic rings. The predicted octanol–water partition coefficient (Wildman–Crippen LogP) is 1.03. The van der Waals surface area contributed by atoms with Crippen LogP contribution in [0.4, 0.5) is 13.2 Å². The molecule has 1 atom stereocenters. The third kappa shape index (κ3) is 6.21. The van der Waals surface area contributed by atoms with Gasteiger partial charge in [0.15, 0.2) is 0 Å². The van der Waals surface area contributed by atoms with Gasteiger partial charge in [0.2, 0.25) is 10.0 Å². The molecule has 4 nitrogen and oxygen atoms in total. The van der Waals surface area contributed by atoms with Gasteiger partial charge >= 0.3 is 6.18 Å². The second-order valence-corrected chi connectivity index (χ2v) is 6.67. The Morgan fingerprint density at radius 2 is 2.06 bits per heavy atom. The highest BCUT2D eigenvalue weighted by Gasteiger charge is 2.34. The summed E-state index contributed by atoms with van der Waals surface area (Å²) in [5.41, 5.74) is 0. The van der Waals surface area contributed by atoms with E-state index in [1.807, 2.05) is 0 Å². The van der Waals surface area contributed by atoms with E-state index < -0.39 is 22.7 Å². The van der Waals surface area contributed by atoms with Gasteiger partial charge in [-0.2, -0.15) is 13.2 Å². The van der Waals surface area contributed by atoms with Crippen molar-refractivity contribution in [3.63, 3.8) is 0 Å². The monoisotopic (exact) mass is 308 g/mol. The van der Waals surface area contributed by atoms with E-state index in [1.165, 1.54) is 4.90 Å². The maximum absolute atomic E-state index is 12.1. The van der Waals surface area contributed by atoms with Crippen LogP contribution in [0.2, 0.25) is 0 Å². The molecule has 1 heterocycles. The number of hydrogen-bond acceptors (Lipinski definition) is 3. The summed E-state index contributed by atoms with van der Waals surface area (Å²) in [4.78, 5) is 1.29. The molecule has 1 N–H and O–H groups in total. The van der Waals surface area contributed by atoms with Crippen LogP contribution in [0.5, 0.6) is 0 Å². The molecular weight excluding hydrogens is 293 g/mol. The lowest BCUT2D eigenvalue weighted by molar-refractivity contribution is -0.143. The topological polar surface area (TPSA) is 49.4 Å². The normalized spacial score (nSPS) is 22.6. The molecule has 0 amide bonds. The molecule has 9 heteroatoms. The first-order chi connectivity index (χ1) is 8.22. The number of halogens is 4. The molecule has 0 aliphatic carbocycles. The van der Waals surface area contributed by atoms with Crippen molar-refractivity contribution >= 4 is 21.6 Å². The van der Waals surface area contributed by atoms with Crippen molar-refractivity contribution < 1.29 is 21.6 Å². The Morgan fingerprint density at radius 3 is 2.61 bits per heavy atom. The smallest absolute Gasteiger partial charge is 0.295 e. The van der Waals surface area contributed by atoms with Crippen molar-refractivity contribution in [2.75, 3.05) is 37.8 Å². The summed E-state index contributed by atoms with van der Waals surface area (Å²) >= 11 is 5.32. The van der Waals surface area contributed by atoms with Crippen LogP contribution in [0.1, 0.15) is 6.42 Å². The van der Waals surface area contributed by atoms with Crippen molar-refractivity contribution in [1.82, 2.24) is 9.62 Å². The van der Waals surface area contributed by atoms with Crippen LogP contribution in [0.3, 0.4) is 0 Å². The quantitative estimate of drug-likeness (QED) is 0.746. The fourth-order valence-corrected chi connectivity index (χ4v) is 3.34. The molecule has 1 aliphatic heterocycles. The van der Waals surface area contributed by atoms with Crippen molar-refractivity contribution in [2.45, 2.75) is 12.6 Å². The summed E-state index contributed by atoms with van der Waals surface area (Å²) in [5.74, 6) is -0.245. The molecule has 1 unspecified atom stereocenters.